The number of hydrogen-bond acceptors (Lipinski definition) is 4. The van der Waals surface area contributed by atoms with Crippen molar-refractivity contribution in [2.75, 3.05) is 18.0 Å². The Morgan fingerprint density at radius 3 is 3.00 bits per heavy atom. The molecule has 2 atom stereocenters. The van der Waals surface area contributed by atoms with Crippen LogP contribution in [0.2, 0.25) is 0 Å². The van der Waals surface area contributed by atoms with Gasteiger partial charge in [0.2, 0.25) is 0 Å². The van der Waals surface area contributed by atoms with E-state index in [2.05, 4.69) is 21.3 Å². The molecule has 3 rings (SSSR count). The SMILES string of the molecule is Cc1cc(C#N)cc(N2CCCC2C2CCCN2)n1. The Hall–Kier alpha value is -1.60. The van der Waals surface area contributed by atoms with Crippen LogP contribution >= 0.6 is 0 Å². The second kappa shape index (κ2) is 5.18. The molecule has 2 saturated heterocycles. The van der Waals surface area contributed by atoms with E-state index in [1.807, 2.05) is 19.1 Å². The predicted octanol–water partition coefficient (Wildman–Crippen LogP) is 1.98. The highest BCUT2D eigenvalue weighted by Crippen LogP contribution is 2.29. The monoisotopic (exact) mass is 256 g/mol. The Morgan fingerprint density at radius 1 is 1.37 bits per heavy atom. The molecule has 19 heavy (non-hydrogen) atoms. The summed E-state index contributed by atoms with van der Waals surface area (Å²) in [6.07, 6.45) is 4.99. The van der Waals surface area contributed by atoms with E-state index in [0.717, 1.165) is 24.6 Å². The van der Waals surface area contributed by atoms with Gasteiger partial charge in [0, 0.05) is 24.3 Å². The largest absolute Gasteiger partial charge is 0.352 e. The number of nitriles is 1. The number of anilines is 1. The van der Waals surface area contributed by atoms with Crippen LogP contribution in [0.25, 0.3) is 0 Å². The van der Waals surface area contributed by atoms with Gasteiger partial charge in [0.1, 0.15) is 5.82 Å². The minimum absolute atomic E-state index is 0.545. The second-order valence-electron chi connectivity index (χ2n) is 5.57. The average Bonchev–Trinajstić information content (AvgIpc) is 3.08. The zero-order valence-electron chi connectivity index (χ0n) is 11.4. The van der Waals surface area contributed by atoms with Crippen LogP contribution in [0.15, 0.2) is 12.1 Å². The zero-order valence-corrected chi connectivity index (χ0v) is 11.4. The molecule has 0 spiro atoms. The van der Waals surface area contributed by atoms with E-state index < -0.39 is 0 Å². The van der Waals surface area contributed by atoms with Crippen LogP contribution in [0.1, 0.15) is 36.9 Å². The van der Waals surface area contributed by atoms with Crippen molar-refractivity contribution in [1.29, 1.82) is 5.26 Å². The summed E-state index contributed by atoms with van der Waals surface area (Å²) < 4.78 is 0. The lowest BCUT2D eigenvalue weighted by molar-refractivity contribution is 0.481. The molecule has 1 N–H and O–H groups in total. The maximum Gasteiger partial charge on any atom is 0.130 e. The third kappa shape index (κ3) is 2.43. The van der Waals surface area contributed by atoms with Crippen LogP contribution in [0.5, 0.6) is 0 Å². The van der Waals surface area contributed by atoms with Crippen molar-refractivity contribution in [1.82, 2.24) is 10.3 Å². The topological polar surface area (TPSA) is 52.0 Å². The van der Waals surface area contributed by atoms with Gasteiger partial charge < -0.3 is 10.2 Å². The molecule has 0 aliphatic carbocycles. The molecule has 1 aromatic rings. The van der Waals surface area contributed by atoms with Crippen molar-refractivity contribution in [2.45, 2.75) is 44.7 Å². The molecular formula is C15H20N4. The smallest absolute Gasteiger partial charge is 0.130 e. The summed E-state index contributed by atoms with van der Waals surface area (Å²) in [6.45, 7) is 4.16. The third-order valence-electron chi connectivity index (χ3n) is 4.23. The number of nitrogens with zero attached hydrogens (tertiary/aromatic N) is 3. The Bertz CT molecular complexity index is 499. The van der Waals surface area contributed by atoms with Crippen molar-refractivity contribution in [3.05, 3.63) is 23.4 Å². The lowest BCUT2D eigenvalue weighted by atomic mass is 10.0. The fourth-order valence-corrected chi connectivity index (χ4v) is 3.40. The molecule has 2 aliphatic rings. The molecule has 3 heterocycles. The van der Waals surface area contributed by atoms with E-state index in [9.17, 15) is 0 Å². The number of aryl methyl sites for hydroxylation is 1. The van der Waals surface area contributed by atoms with Crippen molar-refractivity contribution < 1.29 is 0 Å². The summed E-state index contributed by atoms with van der Waals surface area (Å²) in [5.41, 5.74) is 1.65. The Labute approximate surface area is 114 Å². The first-order valence-electron chi connectivity index (χ1n) is 7.17. The van der Waals surface area contributed by atoms with Crippen molar-refractivity contribution in [3.8, 4) is 6.07 Å². The summed E-state index contributed by atoms with van der Waals surface area (Å²) in [5, 5.41) is 12.7. The van der Waals surface area contributed by atoms with Gasteiger partial charge in [0.05, 0.1) is 11.6 Å². The lowest BCUT2D eigenvalue weighted by Gasteiger charge is -2.30. The van der Waals surface area contributed by atoms with E-state index in [4.69, 9.17) is 5.26 Å². The van der Waals surface area contributed by atoms with E-state index >= 15 is 0 Å². The van der Waals surface area contributed by atoms with Crippen LogP contribution < -0.4 is 10.2 Å². The average molecular weight is 256 g/mol. The predicted molar refractivity (Wildman–Crippen MR) is 75.1 cm³/mol. The summed E-state index contributed by atoms with van der Waals surface area (Å²) in [7, 11) is 0. The third-order valence-corrected chi connectivity index (χ3v) is 4.23. The summed E-state index contributed by atoms with van der Waals surface area (Å²) in [5.74, 6) is 0.979. The van der Waals surface area contributed by atoms with Gasteiger partial charge in [0.15, 0.2) is 0 Å². The molecule has 0 saturated carbocycles. The Balaban J connectivity index is 1.87. The van der Waals surface area contributed by atoms with Gasteiger partial charge in [-0.05, 0) is 51.3 Å². The molecule has 4 heteroatoms. The minimum atomic E-state index is 0.545. The molecule has 4 nitrogen and oxygen atoms in total. The van der Waals surface area contributed by atoms with Crippen molar-refractivity contribution in [2.24, 2.45) is 0 Å². The van der Waals surface area contributed by atoms with E-state index in [1.54, 1.807) is 0 Å². The maximum atomic E-state index is 9.10. The minimum Gasteiger partial charge on any atom is -0.352 e. The normalized spacial score (nSPS) is 26.6. The molecule has 0 amide bonds. The highest BCUT2D eigenvalue weighted by Gasteiger charge is 2.34. The number of aromatic nitrogens is 1. The first-order valence-corrected chi connectivity index (χ1v) is 7.17. The van der Waals surface area contributed by atoms with Gasteiger partial charge in [-0.1, -0.05) is 0 Å². The molecule has 1 aromatic heterocycles. The Kier molecular flexibility index (Phi) is 3.39. The van der Waals surface area contributed by atoms with Crippen LogP contribution in [0.4, 0.5) is 5.82 Å². The molecule has 0 bridgehead atoms. The highest BCUT2D eigenvalue weighted by molar-refractivity contribution is 5.48. The molecular weight excluding hydrogens is 236 g/mol. The first-order chi connectivity index (χ1) is 9.28. The van der Waals surface area contributed by atoms with Gasteiger partial charge in [-0.3, -0.25) is 0 Å². The number of pyridine rings is 1. The van der Waals surface area contributed by atoms with Crippen LogP contribution in [0, 0.1) is 18.3 Å². The van der Waals surface area contributed by atoms with E-state index in [0.29, 0.717) is 17.6 Å². The van der Waals surface area contributed by atoms with Gasteiger partial charge in [-0.25, -0.2) is 4.98 Å². The standard InChI is InChI=1S/C15H20N4/c1-11-8-12(10-16)9-15(18-11)19-7-3-5-14(19)13-4-2-6-17-13/h8-9,13-14,17H,2-7H2,1H3. The molecule has 100 valence electrons. The van der Waals surface area contributed by atoms with E-state index in [-0.39, 0.29) is 0 Å². The molecule has 0 radical (unpaired) electrons. The molecule has 2 fully saturated rings. The quantitative estimate of drug-likeness (QED) is 0.879. The van der Waals surface area contributed by atoms with Gasteiger partial charge in [0.25, 0.3) is 0 Å². The lowest BCUT2D eigenvalue weighted by Crippen LogP contribution is -2.44. The Morgan fingerprint density at radius 2 is 2.26 bits per heavy atom. The van der Waals surface area contributed by atoms with Gasteiger partial charge in [-0.15, -0.1) is 0 Å². The summed E-state index contributed by atoms with van der Waals surface area (Å²) >= 11 is 0. The van der Waals surface area contributed by atoms with Crippen molar-refractivity contribution >= 4 is 5.82 Å². The molecule has 2 unspecified atom stereocenters. The summed E-state index contributed by atoms with van der Waals surface area (Å²) in [6, 6.07) is 7.15. The van der Waals surface area contributed by atoms with Gasteiger partial charge in [-0.2, -0.15) is 5.26 Å². The fourth-order valence-electron chi connectivity index (χ4n) is 3.40. The zero-order chi connectivity index (χ0) is 13.2. The summed E-state index contributed by atoms with van der Waals surface area (Å²) in [4.78, 5) is 7.03. The van der Waals surface area contributed by atoms with Crippen molar-refractivity contribution in [3.63, 3.8) is 0 Å². The fraction of sp³-hybridized carbons (Fsp3) is 0.600. The van der Waals surface area contributed by atoms with Crippen LogP contribution in [-0.4, -0.2) is 30.2 Å². The highest BCUT2D eigenvalue weighted by atomic mass is 15.3. The number of rotatable bonds is 2. The van der Waals surface area contributed by atoms with E-state index in [1.165, 1.54) is 25.7 Å². The van der Waals surface area contributed by atoms with Crippen LogP contribution in [-0.2, 0) is 0 Å². The number of hydrogen-bond donors (Lipinski definition) is 1. The molecule has 2 aliphatic heterocycles. The van der Waals surface area contributed by atoms with Gasteiger partial charge >= 0.3 is 0 Å². The van der Waals surface area contributed by atoms with Crippen LogP contribution in [0.3, 0.4) is 0 Å². The molecule has 0 aromatic carbocycles. The maximum absolute atomic E-state index is 9.10. The second-order valence-corrected chi connectivity index (χ2v) is 5.57. The first kappa shape index (κ1) is 12.4. The number of nitrogens with one attached hydrogen (secondary N) is 1.